The van der Waals surface area contributed by atoms with E-state index in [4.69, 9.17) is 14.2 Å². The number of nitrogens with zero attached hydrogens (tertiary/aromatic N) is 3. The maximum Gasteiger partial charge on any atom is 0.514 e. The van der Waals surface area contributed by atoms with E-state index in [0.717, 1.165) is 12.0 Å². The van der Waals surface area contributed by atoms with E-state index in [1.807, 2.05) is 50.2 Å². The van der Waals surface area contributed by atoms with Crippen LogP contribution in [0.2, 0.25) is 0 Å². The van der Waals surface area contributed by atoms with Crippen LogP contribution in [0.4, 0.5) is 4.79 Å². The molecule has 0 saturated heterocycles. The van der Waals surface area contributed by atoms with Crippen LogP contribution in [0.15, 0.2) is 42.5 Å². The van der Waals surface area contributed by atoms with E-state index in [-0.39, 0.29) is 24.2 Å². The highest BCUT2D eigenvalue weighted by Crippen LogP contribution is 2.26. The third-order valence-corrected chi connectivity index (χ3v) is 4.76. The molecule has 3 rings (SSSR count). The van der Waals surface area contributed by atoms with E-state index in [2.05, 4.69) is 10.2 Å². The number of aromatic nitrogens is 3. The number of rotatable bonds is 7. The molecular weight excluding hydrogens is 410 g/mol. The average Bonchev–Trinajstić information content (AvgIpc) is 3.16. The maximum atomic E-state index is 12.3. The van der Waals surface area contributed by atoms with Crippen molar-refractivity contribution in [2.45, 2.75) is 53.1 Å². The van der Waals surface area contributed by atoms with Crippen LogP contribution in [0.1, 0.15) is 46.6 Å². The van der Waals surface area contributed by atoms with Crippen molar-refractivity contribution in [3.8, 4) is 11.4 Å². The highest BCUT2D eigenvalue weighted by Gasteiger charge is 2.21. The number of fused-ring (bicyclic) bond motifs is 1. The number of esters is 1. The molecule has 170 valence electrons. The highest BCUT2D eigenvalue weighted by atomic mass is 16.7. The minimum Gasteiger partial charge on any atom is -0.465 e. The number of carbonyl (C=O) groups is 2. The van der Waals surface area contributed by atoms with E-state index in [9.17, 15) is 9.59 Å². The Kier molecular flexibility index (Phi) is 7.12. The van der Waals surface area contributed by atoms with Crippen LogP contribution in [0.5, 0.6) is 5.75 Å². The van der Waals surface area contributed by atoms with Gasteiger partial charge in [-0.25, -0.2) is 4.79 Å². The van der Waals surface area contributed by atoms with Gasteiger partial charge in [-0.15, -0.1) is 15.0 Å². The van der Waals surface area contributed by atoms with Crippen LogP contribution >= 0.6 is 0 Å². The Morgan fingerprint density at radius 3 is 2.31 bits per heavy atom. The lowest BCUT2D eigenvalue weighted by Crippen LogP contribution is -2.26. The van der Waals surface area contributed by atoms with Crippen molar-refractivity contribution in [2.75, 3.05) is 6.61 Å². The molecular formula is C24H29N3O5. The van der Waals surface area contributed by atoms with E-state index >= 15 is 0 Å². The molecule has 0 aliphatic carbocycles. The predicted molar refractivity (Wildman–Crippen MR) is 120 cm³/mol. The normalized spacial score (nSPS) is 12.4. The summed E-state index contributed by atoms with van der Waals surface area (Å²) < 4.78 is 16.1. The van der Waals surface area contributed by atoms with Gasteiger partial charge in [0.2, 0.25) is 0 Å². The van der Waals surface area contributed by atoms with E-state index in [1.165, 1.54) is 4.80 Å². The zero-order chi connectivity index (χ0) is 23.3. The summed E-state index contributed by atoms with van der Waals surface area (Å²) in [5, 5.41) is 8.99. The second-order valence-corrected chi connectivity index (χ2v) is 8.57. The first-order valence-corrected chi connectivity index (χ1v) is 10.7. The summed E-state index contributed by atoms with van der Waals surface area (Å²) >= 11 is 0. The van der Waals surface area contributed by atoms with Crippen molar-refractivity contribution in [1.82, 2.24) is 15.0 Å². The lowest BCUT2D eigenvalue weighted by molar-refractivity contribution is -0.147. The molecule has 0 saturated carbocycles. The number of hydrogen-bond acceptors (Lipinski definition) is 7. The van der Waals surface area contributed by atoms with Crippen molar-refractivity contribution >= 4 is 23.2 Å². The fourth-order valence-electron chi connectivity index (χ4n) is 2.87. The Morgan fingerprint density at radius 2 is 1.72 bits per heavy atom. The lowest BCUT2D eigenvalue weighted by atomic mass is 10.1. The van der Waals surface area contributed by atoms with Gasteiger partial charge in [0.15, 0.2) is 5.75 Å². The molecule has 0 spiro atoms. The molecule has 0 N–H and O–H groups in total. The van der Waals surface area contributed by atoms with Crippen molar-refractivity contribution in [3.63, 3.8) is 0 Å². The number of ether oxygens (including phenoxy) is 3. The molecule has 0 fully saturated rings. The first kappa shape index (κ1) is 23.2. The molecule has 1 unspecified atom stereocenters. The topological polar surface area (TPSA) is 92.5 Å². The van der Waals surface area contributed by atoms with Gasteiger partial charge in [0.1, 0.15) is 22.3 Å². The molecule has 3 aromatic rings. The summed E-state index contributed by atoms with van der Waals surface area (Å²) in [6.45, 7) is 9.34. The Morgan fingerprint density at radius 1 is 1.06 bits per heavy atom. The molecule has 32 heavy (non-hydrogen) atoms. The molecule has 0 radical (unpaired) electrons. The number of hydrogen-bond donors (Lipinski definition) is 0. The SMILES string of the molecule is CCC(C)C(=O)OCCc1ccc(OC(=O)OC(C)(C)C)c(-n2nc3ccccc3n2)c1. The Hall–Kier alpha value is -3.42. The van der Waals surface area contributed by atoms with Crippen molar-refractivity contribution in [3.05, 3.63) is 48.0 Å². The van der Waals surface area contributed by atoms with Gasteiger partial charge in [0.05, 0.1) is 12.5 Å². The Balaban J connectivity index is 1.86. The third kappa shape index (κ3) is 6.06. The fraction of sp³-hybridized carbons (Fsp3) is 0.417. The van der Waals surface area contributed by atoms with Crippen LogP contribution in [0.25, 0.3) is 16.7 Å². The number of benzene rings is 2. The van der Waals surface area contributed by atoms with Gasteiger partial charge in [0.25, 0.3) is 0 Å². The van der Waals surface area contributed by atoms with Gasteiger partial charge in [-0.2, -0.15) is 0 Å². The minimum atomic E-state index is -0.814. The highest BCUT2D eigenvalue weighted by molar-refractivity contribution is 5.74. The molecule has 8 nitrogen and oxygen atoms in total. The first-order valence-electron chi connectivity index (χ1n) is 10.7. The molecule has 0 amide bonds. The summed E-state index contributed by atoms with van der Waals surface area (Å²) in [5.74, 6) is -0.0756. The standard InChI is InChI=1S/C24H29N3O5/c1-6-16(2)22(28)30-14-13-17-11-12-21(31-23(29)32-24(3,4)5)20(15-17)27-25-18-9-7-8-10-19(18)26-27/h7-12,15-16H,6,13-14H2,1-5H3. The second-order valence-electron chi connectivity index (χ2n) is 8.57. The zero-order valence-corrected chi connectivity index (χ0v) is 19.1. The minimum absolute atomic E-state index is 0.129. The van der Waals surface area contributed by atoms with Crippen LogP contribution < -0.4 is 4.74 Å². The van der Waals surface area contributed by atoms with Gasteiger partial charge in [-0.3, -0.25) is 4.79 Å². The quantitative estimate of drug-likeness (QED) is 0.383. The van der Waals surface area contributed by atoms with Crippen LogP contribution in [0.3, 0.4) is 0 Å². The largest absolute Gasteiger partial charge is 0.514 e. The third-order valence-electron chi connectivity index (χ3n) is 4.76. The Bertz CT molecular complexity index is 1070. The molecule has 1 aromatic heterocycles. The van der Waals surface area contributed by atoms with E-state index < -0.39 is 11.8 Å². The van der Waals surface area contributed by atoms with E-state index in [0.29, 0.717) is 23.1 Å². The maximum absolute atomic E-state index is 12.3. The predicted octanol–water partition coefficient (Wildman–Crippen LogP) is 4.87. The van der Waals surface area contributed by atoms with Gasteiger partial charge in [0, 0.05) is 6.42 Å². The zero-order valence-electron chi connectivity index (χ0n) is 19.1. The monoisotopic (exact) mass is 439 g/mol. The number of carbonyl (C=O) groups excluding carboxylic acids is 2. The molecule has 0 aliphatic heterocycles. The van der Waals surface area contributed by atoms with Crippen molar-refractivity contribution < 1.29 is 23.8 Å². The summed E-state index contributed by atoms with van der Waals surface area (Å²) in [7, 11) is 0. The molecule has 0 aliphatic rings. The van der Waals surface area contributed by atoms with Crippen molar-refractivity contribution in [2.24, 2.45) is 5.92 Å². The molecule has 8 heteroatoms. The average molecular weight is 440 g/mol. The molecule has 1 atom stereocenters. The molecule has 1 heterocycles. The van der Waals surface area contributed by atoms with E-state index in [1.54, 1.807) is 26.8 Å². The van der Waals surface area contributed by atoms with Crippen LogP contribution in [-0.2, 0) is 20.7 Å². The van der Waals surface area contributed by atoms with Crippen LogP contribution in [0, 0.1) is 5.92 Å². The van der Waals surface area contributed by atoms with Gasteiger partial charge in [-0.05, 0) is 57.0 Å². The van der Waals surface area contributed by atoms with Gasteiger partial charge in [-0.1, -0.05) is 32.0 Å². The van der Waals surface area contributed by atoms with Gasteiger partial charge >= 0.3 is 12.1 Å². The smallest absolute Gasteiger partial charge is 0.465 e. The summed E-state index contributed by atoms with van der Waals surface area (Å²) in [6, 6.07) is 12.7. The summed E-state index contributed by atoms with van der Waals surface area (Å²) in [4.78, 5) is 25.6. The molecule has 0 bridgehead atoms. The summed E-state index contributed by atoms with van der Waals surface area (Å²) in [6.07, 6.45) is 0.423. The first-order chi connectivity index (χ1) is 15.2. The lowest BCUT2D eigenvalue weighted by Gasteiger charge is -2.19. The van der Waals surface area contributed by atoms with Crippen LogP contribution in [-0.4, -0.2) is 39.3 Å². The Labute approximate surface area is 187 Å². The second kappa shape index (κ2) is 9.80. The summed E-state index contributed by atoms with van der Waals surface area (Å²) in [5.41, 5.74) is 2.11. The van der Waals surface area contributed by atoms with Gasteiger partial charge < -0.3 is 14.2 Å². The molecule has 2 aromatic carbocycles. The van der Waals surface area contributed by atoms with Crippen molar-refractivity contribution in [1.29, 1.82) is 0 Å². The fourth-order valence-corrected chi connectivity index (χ4v) is 2.87.